The second-order valence-electron chi connectivity index (χ2n) is 4.62. The molecule has 3 aromatic rings. The van der Waals surface area contributed by atoms with E-state index in [0.29, 0.717) is 10.1 Å². The molecule has 104 valence electrons. The monoisotopic (exact) mass is 312 g/mol. The van der Waals surface area contributed by atoms with Gasteiger partial charge in [-0.1, -0.05) is 54.1 Å². The third-order valence-electron chi connectivity index (χ3n) is 3.12. The minimum atomic E-state index is 0.536. The molecule has 0 aliphatic carbocycles. The first-order valence-electron chi connectivity index (χ1n) is 6.54. The summed E-state index contributed by atoms with van der Waals surface area (Å²) in [6, 6.07) is 21.7. The summed E-state index contributed by atoms with van der Waals surface area (Å²) in [7, 11) is 0. The summed E-state index contributed by atoms with van der Waals surface area (Å²) >= 11 is 11.3. The van der Waals surface area contributed by atoms with Crippen LogP contribution in [0.1, 0.15) is 0 Å². The van der Waals surface area contributed by atoms with E-state index < -0.39 is 0 Å². The zero-order chi connectivity index (χ0) is 14.7. The summed E-state index contributed by atoms with van der Waals surface area (Å²) in [6.07, 6.45) is 0. The predicted octanol–water partition coefficient (Wildman–Crippen LogP) is 5.30. The molecule has 0 spiro atoms. The van der Waals surface area contributed by atoms with E-state index in [1.807, 2.05) is 48.5 Å². The van der Waals surface area contributed by atoms with Crippen LogP contribution in [-0.2, 0) is 0 Å². The van der Waals surface area contributed by atoms with E-state index in [2.05, 4.69) is 28.8 Å². The number of nitrogens with one attached hydrogen (secondary N) is 2. The van der Waals surface area contributed by atoms with Crippen molar-refractivity contribution in [3.63, 3.8) is 0 Å². The van der Waals surface area contributed by atoms with Gasteiger partial charge in [-0.2, -0.15) is 0 Å². The number of hydrogen-bond acceptors (Lipinski definition) is 1. The summed E-state index contributed by atoms with van der Waals surface area (Å²) in [5, 5.41) is 9.88. The Hall–Kier alpha value is -2.10. The van der Waals surface area contributed by atoms with Crippen LogP contribution >= 0.6 is 23.8 Å². The van der Waals surface area contributed by atoms with E-state index in [9.17, 15) is 0 Å². The maximum Gasteiger partial charge on any atom is 0.175 e. The van der Waals surface area contributed by atoms with Crippen molar-refractivity contribution in [1.29, 1.82) is 0 Å². The van der Waals surface area contributed by atoms with Crippen molar-refractivity contribution in [2.75, 3.05) is 10.6 Å². The predicted molar refractivity (Wildman–Crippen MR) is 95.2 cm³/mol. The van der Waals surface area contributed by atoms with Gasteiger partial charge in [-0.25, -0.2) is 0 Å². The van der Waals surface area contributed by atoms with Crippen molar-refractivity contribution in [1.82, 2.24) is 0 Å². The van der Waals surface area contributed by atoms with E-state index in [1.54, 1.807) is 0 Å². The fourth-order valence-electron chi connectivity index (χ4n) is 2.19. The van der Waals surface area contributed by atoms with E-state index in [1.165, 1.54) is 5.39 Å². The third-order valence-corrected chi connectivity index (χ3v) is 3.56. The Morgan fingerprint density at radius 1 is 0.857 bits per heavy atom. The highest BCUT2D eigenvalue weighted by Crippen LogP contribution is 2.23. The molecule has 0 saturated heterocycles. The molecule has 0 aromatic heterocycles. The molecule has 0 bridgehead atoms. The Bertz CT molecular complexity index is 796. The number of hydrogen-bond donors (Lipinski definition) is 2. The van der Waals surface area contributed by atoms with Crippen LogP contribution in [0.4, 0.5) is 11.4 Å². The van der Waals surface area contributed by atoms with Crippen molar-refractivity contribution in [3.05, 3.63) is 71.8 Å². The first-order chi connectivity index (χ1) is 10.2. The Morgan fingerprint density at radius 2 is 1.62 bits per heavy atom. The van der Waals surface area contributed by atoms with Gasteiger partial charge in [0.1, 0.15) is 0 Å². The summed E-state index contributed by atoms with van der Waals surface area (Å²) < 4.78 is 0. The molecule has 0 fully saturated rings. The third kappa shape index (κ3) is 3.32. The molecule has 0 amide bonds. The molecule has 4 heteroatoms. The van der Waals surface area contributed by atoms with Crippen LogP contribution in [0.3, 0.4) is 0 Å². The van der Waals surface area contributed by atoms with Gasteiger partial charge in [0.25, 0.3) is 0 Å². The van der Waals surface area contributed by atoms with Crippen molar-refractivity contribution < 1.29 is 0 Å². The molecule has 0 radical (unpaired) electrons. The van der Waals surface area contributed by atoms with Crippen LogP contribution in [0.5, 0.6) is 0 Å². The van der Waals surface area contributed by atoms with Gasteiger partial charge >= 0.3 is 0 Å². The van der Waals surface area contributed by atoms with Gasteiger partial charge in [0.2, 0.25) is 0 Å². The number of fused-ring (bicyclic) bond motifs is 1. The van der Waals surface area contributed by atoms with Gasteiger partial charge in [-0.05, 0) is 41.9 Å². The van der Waals surface area contributed by atoms with E-state index >= 15 is 0 Å². The van der Waals surface area contributed by atoms with Crippen LogP contribution in [0.15, 0.2) is 66.7 Å². The average Bonchev–Trinajstić information content (AvgIpc) is 2.47. The van der Waals surface area contributed by atoms with Crippen LogP contribution in [0, 0.1) is 0 Å². The maximum absolute atomic E-state index is 5.96. The summed E-state index contributed by atoms with van der Waals surface area (Å²) in [5.41, 5.74) is 1.84. The fourth-order valence-corrected chi connectivity index (χ4v) is 2.60. The summed E-state index contributed by atoms with van der Waals surface area (Å²) in [4.78, 5) is 0. The molecule has 0 aliphatic heterocycles. The first kappa shape index (κ1) is 13.9. The number of thiocarbonyl (C=S) groups is 1. The molecule has 3 aromatic carbocycles. The largest absolute Gasteiger partial charge is 0.332 e. The average molecular weight is 313 g/mol. The van der Waals surface area contributed by atoms with Crippen LogP contribution < -0.4 is 10.6 Å². The molecule has 0 unspecified atom stereocenters. The number of rotatable bonds is 2. The lowest BCUT2D eigenvalue weighted by Crippen LogP contribution is -2.19. The SMILES string of the molecule is S=C(Nc1cccc(Cl)c1)Nc1cccc2ccccc12. The first-order valence-corrected chi connectivity index (χ1v) is 7.32. The van der Waals surface area contributed by atoms with Gasteiger partial charge in [-0.3, -0.25) is 0 Å². The van der Waals surface area contributed by atoms with Crippen LogP contribution in [-0.4, -0.2) is 5.11 Å². The lowest BCUT2D eigenvalue weighted by atomic mass is 10.1. The minimum absolute atomic E-state index is 0.536. The molecule has 0 aliphatic rings. The highest BCUT2D eigenvalue weighted by atomic mass is 35.5. The normalized spacial score (nSPS) is 10.3. The Labute approximate surface area is 133 Å². The zero-order valence-corrected chi connectivity index (χ0v) is 12.7. The second-order valence-corrected chi connectivity index (χ2v) is 5.46. The molecule has 3 rings (SSSR count). The highest BCUT2D eigenvalue weighted by Gasteiger charge is 2.03. The molecule has 0 heterocycles. The van der Waals surface area contributed by atoms with Crippen molar-refractivity contribution in [3.8, 4) is 0 Å². The van der Waals surface area contributed by atoms with Gasteiger partial charge in [-0.15, -0.1) is 0 Å². The smallest absolute Gasteiger partial charge is 0.175 e. The Morgan fingerprint density at radius 3 is 2.48 bits per heavy atom. The molecule has 0 atom stereocenters. The maximum atomic E-state index is 5.96. The van der Waals surface area contributed by atoms with Crippen LogP contribution in [0.2, 0.25) is 5.02 Å². The van der Waals surface area contributed by atoms with Gasteiger partial charge in [0.05, 0.1) is 0 Å². The number of halogens is 1. The van der Waals surface area contributed by atoms with E-state index in [0.717, 1.165) is 16.8 Å². The second kappa shape index (κ2) is 6.12. The van der Waals surface area contributed by atoms with Gasteiger partial charge < -0.3 is 10.6 Å². The minimum Gasteiger partial charge on any atom is -0.332 e. The summed E-state index contributed by atoms with van der Waals surface area (Å²) in [5.74, 6) is 0. The Balaban J connectivity index is 1.80. The topological polar surface area (TPSA) is 24.1 Å². The number of benzene rings is 3. The van der Waals surface area contributed by atoms with Gasteiger partial charge in [0, 0.05) is 21.8 Å². The highest BCUT2D eigenvalue weighted by molar-refractivity contribution is 7.80. The zero-order valence-electron chi connectivity index (χ0n) is 11.1. The molecule has 2 N–H and O–H groups in total. The van der Waals surface area contributed by atoms with Crippen molar-refractivity contribution >= 4 is 51.1 Å². The molecular weight excluding hydrogens is 300 g/mol. The van der Waals surface area contributed by atoms with Crippen molar-refractivity contribution in [2.24, 2.45) is 0 Å². The quantitative estimate of drug-likeness (QED) is 0.628. The van der Waals surface area contributed by atoms with Crippen LogP contribution in [0.25, 0.3) is 10.8 Å². The fraction of sp³-hybridized carbons (Fsp3) is 0. The number of anilines is 2. The Kier molecular flexibility index (Phi) is 4.04. The summed E-state index contributed by atoms with van der Waals surface area (Å²) in [6.45, 7) is 0. The molecule has 2 nitrogen and oxygen atoms in total. The van der Waals surface area contributed by atoms with E-state index in [-0.39, 0.29) is 0 Å². The molecule has 21 heavy (non-hydrogen) atoms. The standard InChI is InChI=1S/C17H13ClN2S/c18-13-7-4-8-14(11-13)19-17(21)20-16-10-3-6-12-5-1-2-9-15(12)16/h1-11H,(H2,19,20,21). The van der Waals surface area contributed by atoms with Gasteiger partial charge in [0.15, 0.2) is 5.11 Å². The van der Waals surface area contributed by atoms with E-state index in [4.69, 9.17) is 23.8 Å². The molecular formula is C17H13ClN2S. The van der Waals surface area contributed by atoms with Crippen molar-refractivity contribution in [2.45, 2.75) is 0 Å². The lowest BCUT2D eigenvalue weighted by molar-refractivity contribution is 1.61. The lowest BCUT2D eigenvalue weighted by Gasteiger charge is -2.12. The molecule has 0 saturated carbocycles.